The fourth-order valence-electron chi connectivity index (χ4n) is 2.81. The summed E-state index contributed by atoms with van der Waals surface area (Å²) in [7, 11) is 0. The van der Waals surface area contributed by atoms with Crippen LogP contribution in [0, 0.1) is 6.92 Å². The van der Waals surface area contributed by atoms with Gasteiger partial charge < -0.3 is 10.1 Å². The van der Waals surface area contributed by atoms with Crippen molar-refractivity contribution >= 4 is 5.91 Å². The molecule has 0 aliphatic heterocycles. The van der Waals surface area contributed by atoms with Crippen molar-refractivity contribution in [3.8, 4) is 5.75 Å². The molecule has 1 amide bonds. The van der Waals surface area contributed by atoms with Gasteiger partial charge >= 0.3 is 0 Å². The van der Waals surface area contributed by atoms with E-state index in [0.717, 1.165) is 22.4 Å². The second-order valence-electron chi connectivity index (χ2n) is 6.12. The van der Waals surface area contributed by atoms with Gasteiger partial charge in [0, 0.05) is 24.5 Å². The van der Waals surface area contributed by atoms with Gasteiger partial charge in [0.25, 0.3) is 5.91 Å². The molecule has 0 bridgehead atoms. The van der Waals surface area contributed by atoms with E-state index in [4.69, 9.17) is 4.74 Å². The molecule has 134 valence electrons. The van der Waals surface area contributed by atoms with E-state index in [-0.39, 0.29) is 5.91 Å². The van der Waals surface area contributed by atoms with E-state index in [1.54, 1.807) is 12.3 Å². The van der Waals surface area contributed by atoms with Gasteiger partial charge in [-0.3, -0.25) is 9.48 Å². The normalized spacial score (nSPS) is 10.5. The molecule has 0 unspecified atom stereocenters. The molecule has 3 rings (SSSR count). The maximum Gasteiger partial charge on any atom is 0.251 e. The van der Waals surface area contributed by atoms with E-state index < -0.39 is 0 Å². The van der Waals surface area contributed by atoms with Gasteiger partial charge in [-0.05, 0) is 54.8 Å². The predicted octanol–water partition coefficient (Wildman–Crippen LogP) is 3.57. The molecule has 0 aliphatic carbocycles. The number of amides is 1. The van der Waals surface area contributed by atoms with Gasteiger partial charge in [0.2, 0.25) is 0 Å². The van der Waals surface area contributed by atoms with Crippen LogP contribution in [0.2, 0.25) is 0 Å². The average Bonchev–Trinajstić information content (AvgIpc) is 3.15. The van der Waals surface area contributed by atoms with E-state index in [1.807, 2.05) is 55.1 Å². The number of carbonyl (C=O) groups excluding carboxylic acids is 1. The summed E-state index contributed by atoms with van der Waals surface area (Å²) in [6.07, 6.45) is 3.70. The molecule has 0 atom stereocenters. The second kappa shape index (κ2) is 8.34. The van der Waals surface area contributed by atoms with Gasteiger partial charge in [0.15, 0.2) is 0 Å². The summed E-state index contributed by atoms with van der Waals surface area (Å²) >= 11 is 0. The molecule has 3 aromatic rings. The lowest BCUT2D eigenvalue weighted by Gasteiger charge is -2.10. The molecular formula is C21H23N3O2. The first-order chi connectivity index (χ1) is 12.7. The number of aromatic nitrogens is 2. The molecule has 1 heterocycles. The summed E-state index contributed by atoms with van der Waals surface area (Å²) in [5, 5.41) is 7.20. The third-order valence-electron chi connectivity index (χ3n) is 4.09. The minimum absolute atomic E-state index is 0.0892. The van der Waals surface area contributed by atoms with Crippen LogP contribution >= 0.6 is 0 Å². The molecule has 26 heavy (non-hydrogen) atoms. The minimum Gasteiger partial charge on any atom is -0.494 e. The number of aryl methyl sites for hydroxylation is 1. The van der Waals surface area contributed by atoms with Crippen molar-refractivity contribution in [3.63, 3.8) is 0 Å². The van der Waals surface area contributed by atoms with Crippen molar-refractivity contribution in [3.05, 3.63) is 83.2 Å². The Balaban J connectivity index is 1.61. The lowest BCUT2D eigenvalue weighted by atomic mass is 10.1. The molecule has 0 radical (unpaired) electrons. The Morgan fingerprint density at radius 3 is 2.73 bits per heavy atom. The fraction of sp³-hybridized carbons (Fsp3) is 0.238. The average molecular weight is 349 g/mol. The number of hydrogen-bond acceptors (Lipinski definition) is 3. The molecule has 0 saturated heterocycles. The first-order valence-electron chi connectivity index (χ1n) is 8.72. The zero-order chi connectivity index (χ0) is 18.4. The molecule has 0 aliphatic rings. The van der Waals surface area contributed by atoms with E-state index in [9.17, 15) is 4.79 Å². The molecule has 0 fully saturated rings. The highest BCUT2D eigenvalue weighted by atomic mass is 16.5. The Bertz CT molecular complexity index is 873. The van der Waals surface area contributed by atoms with Crippen molar-refractivity contribution in [2.24, 2.45) is 0 Å². The Hall–Kier alpha value is -3.08. The monoisotopic (exact) mass is 349 g/mol. The summed E-state index contributed by atoms with van der Waals surface area (Å²) < 4.78 is 7.39. The third kappa shape index (κ3) is 4.51. The van der Waals surface area contributed by atoms with E-state index >= 15 is 0 Å². The third-order valence-corrected chi connectivity index (χ3v) is 4.09. The maximum absolute atomic E-state index is 12.4. The van der Waals surface area contributed by atoms with Crippen LogP contribution in [0.15, 0.2) is 60.9 Å². The number of nitrogens with one attached hydrogen (secondary N) is 1. The number of rotatable bonds is 7. The highest BCUT2D eigenvalue weighted by Crippen LogP contribution is 2.19. The van der Waals surface area contributed by atoms with Crippen molar-refractivity contribution in [2.75, 3.05) is 6.61 Å². The standard InChI is InChI=1S/C21H23N3O2/c1-3-26-20-9-8-19(12-16(20)2)21(25)22-14-17-6-4-7-18(13-17)15-24-11-5-10-23-24/h4-13H,3,14-15H2,1-2H3,(H,22,25). The molecule has 0 saturated carbocycles. The highest BCUT2D eigenvalue weighted by Gasteiger charge is 2.08. The lowest BCUT2D eigenvalue weighted by Crippen LogP contribution is -2.23. The Morgan fingerprint density at radius 2 is 2.00 bits per heavy atom. The number of benzene rings is 2. The Morgan fingerprint density at radius 1 is 1.15 bits per heavy atom. The highest BCUT2D eigenvalue weighted by molar-refractivity contribution is 5.94. The maximum atomic E-state index is 12.4. The van der Waals surface area contributed by atoms with Gasteiger partial charge in [-0.25, -0.2) is 0 Å². The van der Waals surface area contributed by atoms with Gasteiger partial charge in [-0.2, -0.15) is 5.10 Å². The van der Waals surface area contributed by atoms with Crippen LogP contribution in [0.25, 0.3) is 0 Å². The Labute approximate surface area is 153 Å². The molecule has 0 spiro atoms. The fourth-order valence-corrected chi connectivity index (χ4v) is 2.81. The first-order valence-corrected chi connectivity index (χ1v) is 8.72. The SMILES string of the molecule is CCOc1ccc(C(=O)NCc2cccc(Cn3cccn3)c2)cc1C. The summed E-state index contributed by atoms with van der Waals surface area (Å²) in [5.41, 5.74) is 3.81. The van der Waals surface area contributed by atoms with Crippen LogP contribution < -0.4 is 10.1 Å². The summed E-state index contributed by atoms with van der Waals surface area (Å²) in [5.74, 6) is 0.726. The summed E-state index contributed by atoms with van der Waals surface area (Å²) in [6.45, 7) is 5.70. The van der Waals surface area contributed by atoms with Gasteiger partial charge in [0.1, 0.15) is 5.75 Å². The molecular weight excluding hydrogens is 326 g/mol. The van der Waals surface area contributed by atoms with E-state index in [1.165, 1.54) is 0 Å². The van der Waals surface area contributed by atoms with Crippen LogP contribution in [-0.2, 0) is 13.1 Å². The van der Waals surface area contributed by atoms with Gasteiger partial charge in [0.05, 0.1) is 13.2 Å². The van der Waals surface area contributed by atoms with Crippen molar-refractivity contribution < 1.29 is 9.53 Å². The topological polar surface area (TPSA) is 56.1 Å². The van der Waals surface area contributed by atoms with E-state index in [2.05, 4.69) is 22.5 Å². The van der Waals surface area contributed by atoms with Crippen LogP contribution in [0.1, 0.15) is 34.0 Å². The minimum atomic E-state index is -0.0892. The van der Waals surface area contributed by atoms with Crippen LogP contribution in [-0.4, -0.2) is 22.3 Å². The lowest BCUT2D eigenvalue weighted by molar-refractivity contribution is 0.0951. The predicted molar refractivity (Wildman–Crippen MR) is 101 cm³/mol. The first kappa shape index (κ1) is 17.7. The van der Waals surface area contributed by atoms with Crippen LogP contribution in [0.4, 0.5) is 0 Å². The number of nitrogens with zero attached hydrogens (tertiary/aromatic N) is 2. The number of carbonyl (C=O) groups is 1. The van der Waals surface area contributed by atoms with E-state index in [0.29, 0.717) is 25.3 Å². The smallest absolute Gasteiger partial charge is 0.251 e. The summed E-state index contributed by atoms with van der Waals surface area (Å²) in [6, 6.07) is 15.6. The zero-order valence-corrected chi connectivity index (χ0v) is 15.1. The molecule has 2 aromatic carbocycles. The van der Waals surface area contributed by atoms with Crippen molar-refractivity contribution in [2.45, 2.75) is 26.9 Å². The van der Waals surface area contributed by atoms with Gasteiger partial charge in [-0.15, -0.1) is 0 Å². The largest absolute Gasteiger partial charge is 0.494 e. The van der Waals surface area contributed by atoms with Crippen LogP contribution in [0.5, 0.6) is 5.75 Å². The quantitative estimate of drug-likeness (QED) is 0.709. The second-order valence-corrected chi connectivity index (χ2v) is 6.12. The van der Waals surface area contributed by atoms with Crippen molar-refractivity contribution in [1.82, 2.24) is 15.1 Å². The molecule has 5 nitrogen and oxygen atoms in total. The molecule has 1 aromatic heterocycles. The van der Waals surface area contributed by atoms with Gasteiger partial charge in [-0.1, -0.05) is 24.3 Å². The molecule has 5 heteroatoms. The van der Waals surface area contributed by atoms with Crippen molar-refractivity contribution in [1.29, 1.82) is 0 Å². The number of hydrogen-bond donors (Lipinski definition) is 1. The molecule has 1 N–H and O–H groups in total. The summed E-state index contributed by atoms with van der Waals surface area (Å²) in [4.78, 5) is 12.4. The Kier molecular flexibility index (Phi) is 5.69. The number of ether oxygens (including phenoxy) is 1. The van der Waals surface area contributed by atoms with Crippen LogP contribution in [0.3, 0.4) is 0 Å². The zero-order valence-electron chi connectivity index (χ0n) is 15.1.